The minimum absolute atomic E-state index is 0.0633. The van der Waals surface area contributed by atoms with Crippen LogP contribution in [0.25, 0.3) is 0 Å². The van der Waals surface area contributed by atoms with E-state index in [-0.39, 0.29) is 5.78 Å². The highest BCUT2D eigenvalue weighted by Gasteiger charge is 2.07. The molecule has 0 saturated heterocycles. The zero-order chi connectivity index (χ0) is 16.8. The Kier molecular flexibility index (Phi) is 5.19. The number of amides is 2. The first-order valence-electron chi connectivity index (χ1n) is 6.94. The fourth-order valence-electron chi connectivity index (χ4n) is 1.99. The van der Waals surface area contributed by atoms with E-state index in [9.17, 15) is 9.59 Å². The number of ketones is 1. The second-order valence-electron chi connectivity index (χ2n) is 4.82. The smallest absolute Gasteiger partial charge is 0.323 e. The molecule has 0 radical (unpaired) electrons. The Balaban J connectivity index is 2.10. The lowest BCUT2D eigenvalue weighted by Gasteiger charge is -2.11. The zero-order valence-corrected chi connectivity index (χ0v) is 13.2. The Hall–Kier alpha value is -3.02. The van der Waals surface area contributed by atoms with E-state index in [1.54, 1.807) is 42.5 Å². The van der Waals surface area contributed by atoms with Gasteiger partial charge >= 0.3 is 6.03 Å². The number of carbonyl (C=O) groups is 2. The minimum Gasteiger partial charge on any atom is -0.497 e. The molecule has 0 atom stereocenters. The van der Waals surface area contributed by atoms with Crippen LogP contribution < -0.4 is 20.1 Å². The Morgan fingerprint density at radius 3 is 2.04 bits per heavy atom. The van der Waals surface area contributed by atoms with Crippen LogP contribution in [0.1, 0.15) is 17.3 Å². The third kappa shape index (κ3) is 4.47. The molecule has 2 aromatic carbocycles. The number of hydrogen-bond donors (Lipinski definition) is 2. The summed E-state index contributed by atoms with van der Waals surface area (Å²) in [5.41, 5.74) is 1.59. The van der Waals surface area contributed by atoms with Crippen LogP contribution in [0.3, 0.4) is 0 Å². The number of methoxy groups -OCH3 is 2. The van der Waals surface area contributed by atoms with Crippen molar-refractivity contribution in [3.63, 3.8) is 0 Å². The molecular weight excluding hydrogens is 296 g/mol. The number of anilines is 2. The summed E-state index contributed by atoms with van der Waals surface area (Å²) in [5.74, 6) is 1.07. The van der Waals surface area contributed by atoms with Gasteiger partial charge in [-0.3, -0.25) is 4.79 Å². The van der Waals surface area contributed by atoms with Crippen molar-refractivity contribution in [2.45, 2.75) is 6.92 Å². The standard InChI is InChI=1S/C17H18N2O4/c1-11(20)12-5-4-6-13(7-12)18-17(21)19-14-8-15(22-2)10-16(9-14)23-3/h4-10H,1-3H3,(H2,18,19,21). The number of carbonyl (C=O) groups excluding carboxylic acids is 2. The predicted molar refractivity (Wildman–Crippen MR) is 88.6 cm³/mol. The number of urea groups is 1. The number of rotatable bonds is 5. The molecule has 23 heavy (non-hydrogen) atoms. The van der Waals surface area contributed by atoms with Gasteiger partial charge in [-0.25, -0.2) is 4.79 Å². The van der Waals surface area contributed by atoms with Gasteiger partial charge in [0.15, 0.2) is 5.78 Å². The Morgan fingerprint density at radius 1 is 0.870 bits per heavy atom. The average Bonchev–Trinajstić information content (AvgIpc) is 2.54. The number of Topliss-reactive ketones (excluding diaryl/α,β-unsaturated/α-hetero) is 1. The largest absolute Gasteiger partial charge is 0.497 e. The first-order chi connectivity index (χ1) is 11.0. The van der Waals surface area contributed by atoms with Crippen molar-refractivity contribution < 1.29 is 19.1 Å². The van der Waals surface area contributed by atoms with Gasteiger partial charge in [-0.15, -0.1) is 0 Å². The number of ether oxygens (including phenoxy) is 2. The van der Waals surface area contributed by atoms with E-state index >= 15 is 0 Å². The highest BCUT2D eigenvalue weighted by Crippen LogP contribution is 2.25. The molecule has 0 aliphatic heterocycles. The van der Waals surface area contributed by atoms with Crippen molar-refractivity contribution in [3.05, 3.63) is 48.0 Å². The molecule has 2 amide bonds. The van der Waals surface area contributed by atoms with Crippen LogP contribution in [0.5, 0.6) is 11.5 Å². The minimum atomic E-state index is -0.430. The highest BCUT2D eigenvalue weighted by atomic mass is 16.5. The summed E-state index contributed by atoms with van der Waals surface area (Å²) in [6.45, 7) is 1.47. The van der Waals surface area contributed by atoms with Crippen LogP contribution >= 0.6 is 0 Å². The van der Waals surface area contributed by atoms with E-state index < -0.39 is 6.03 Å². The Morgan fingerprint density at radius 2 is 1.48 bits per heavy atom. The van der Waals surface area contributed by atoms with Gasteiger partial charge in [0.1, 0.15) is 11.5 Å². The first kappa shape index (κ1) is 16.4. The van der Waals surface area contributed by atoms with E-state index in [0.717, 1.165) is 0 Å². The summed E-state index contributed by atoms with van der Waals surface area (Å²) in [6, 6.07) is 11.4. The van der Waals surface area contributed by atoms with Crippen LogP contribution in [-0.2, 0) is 0 Å². The fraction of sp³-hybridized carbons (Fsp3) is 0.176. The molecule has 0 spiro atoms. The van der Waals surface area contributed by atoms with Crippen LogP contribution in [0.4, 0.5) is 16.2 Å². The van der Waals surface area contributed by atoms with Crippen LogP contribution in [0.15, 0.2) is 42.5 Å². The molecule has 0 bridgehead atoms. The maximum atomic E-state index is 12.1. The van der Waals surface area contributed by atoms with E-state index in [1.807, 2.05) is 0 Å². The van der Waals surface area contributed by atoms with Crippen LogP contribution in [0, 0.1) is 0 Å². The van der Waals surface area contributed by atoms with E-state index in [1.165, 1.54) is 21.1 Å². The molecule has 0 fully saturated rings. The molecule has 2 N–H and O–H groups in total. The lowest BCUT2D eigenvalue weighted by Crippen LogP contribution is -2.19. The highest BCUT2D eigenvalue weighted by molar-refractivity contribution is 6.01. The topological polar surface area (TPSA) is 76.7 Å². The van der Waals surface area contributed by atoms with Crippen LogP contribution in [-0.4, -0.2) is 26.0 Å². The molecule has 120 valence electrons. The maximum absolute atomic E-state index is 12.1. The number of benzene rings is 2. The van der Waals surface area contributed by atoms with Crippen molar-refractivity contribution in [1.82, 2.24) is 0 Å². The Labute approximate surface area is 134 Å². The predicted octanol–water partition coefficient (Wildman–Crippen LogP) is 3.55. The van der Waals surface area contributed by atoms with Gasteiger partial charge in [-0.05, 0) is 19.1 Å². The van der Waals surface area contributed by atoms with Gasteiger partial charge in [-0.2, -0.15) is 0 Å². The summed E-state index contributed by atoms with van der Waals surface area (Å²) in [7, 11) is 3.07. The molecule has 0 aromatic heterocycles. The van der Waals surface area contributed by atoms with E-state index in [0.29, 0.717) is 28.4 Å². The first-order valence-corrected chi connectivity index (χ1v) is 6.94. The summed E-state index contributed by atoms with van der Waals surface area (Å²) in [5, 5.41) is 5.37. The summed E-state index contributed by atoms with van der Waals surface area (Å²) < 4.78 is 10.3. The van der Waals surface area contributed by atoms with Crippen molar-refractivity contribution in [2.75, 3.05) is 24.9 Å². The zero-order valence-electron chi connectivity index (χ0n) is 13.2. The SMILES string of the molecule is COc1cc(NC(=O)Nc2cccc(C(C)=O)c2)cc(OC)c1. The monoisotopic (exact) mass is 314 g/mol. The van der Waals surface area contributed by atoms with Gasteiger partial charge in [0, 0.05) is 35.1 Å². The van der Waals surface area contributed by atoms with Gasteiger partial charge in [0.05, 0.1) is 14.2 Å². The number of hydrogen-bond acceptors (Lipinski definition) is 4. The van der Waals surface area contributed by atoms with Gasteiger partial charge in [0.25, 0.3) is 0 Å². The molecule has 0 unspecified atom stereocenters. The Bertz CT molecular complexity index is 706. The molecule has 6 heteroatoms. The summed E-state index contributed by atoms with van der Waals surface area (Å²) >= 11 is 0. The fourth-order valence-corrected chi connectivity index (χ4v) is 1.99. The normalized spacial score (nSPS) is 9.87. The molecule has 0 aliphatic rings. The average molecular weight is 314 g/mol. The van der Waals surface area contributed by atoms with Gasteiger partial charge in [0.2, 0.25) is 0 Å². The molecule has 0 aliphatic carbocycles. The van der Waals surface area contributed by atoms with Gasteiger partial charge in [-0.1, -0.05) is 12.1 Å². The molecule has 2 rings (SSSR count). The molecule has 0 heterocycles. The quantitative estimate of drug-likeness (QED) is 0.827. The van der Waals surface area contributed by atoms with Gasteiger partial charge < -0.3 is 20.1 Å². The van der Waals surface area contributed by atoms with Crippen molar-refractivity contribution >= 4 is 23.2 Å². The van der Waals surface area contributed by atoms with Crippen molar-refractivity contribution in [1.29, 1.82) is 0 Å². The van der Waals surface area contributed by atoms with Crippen molar-refractivity contribution in [2.24, 2.45) is 0 Å². The van der Waals surface area contributed by atoms with E-state index in [2.05, 4.69) is 10.6 Å². The lowest BCUT2D eigenvalue weighted by molar-refractivity contribution is 0.101. The third-order valence-electron chi connectivity index (χ3n) is 3.14. The second-order valence-corrected chi connectivity index (χ2v) is 4.82. The number of nitrogens with one attached hydrogen (secondary N) is 2. The van der Waals surface area contributed by atoms with Crippen molar-refractivity contribution in [3.8, 4) is 11.5 Å². The third-order valence-corrected chi connectivity index (χ3v) is 3.14. The van der Waals surface area contributed by atoms with E-state index in [4.69, 9.17) is 9.47 Å². The maximum Gasteiger partial charge on any atom is 0.323 e. The molecule has 6 nitrogen and oxygen atoms in total. The van der Waals surface area contributed by atoms with Crippen LogP contribution in [0.2, 0.25) is 0 Å². The molecule has 2 aromatic rings. The molecular formula is C17H18N2O4. The second kappa shape index (κ2) is 7.31. The summed E-state index contributed by atoms with van der Waals surface area (Å²) in [4.78, 5) is 23.4. The lowest BCUT2D eigenvalue weighted by atomic mass is 10.1. The summed E-state index contributed by atoms with van der Waals surface area (Å²) in [6.07, 6.45) is 0. The molecule has 0 saturated carbocycles.